The van der Waals surface area contributed by atoms with E-state index >= 15 is 0 Å². The van der Waals surface area contributed by atoms with E-state index in [4.69, 9.17) is 4.74 Å². The van der Waals surface area contributed by atoms with Crippen molar-refractivity contribution in [2.24, 2.45) is 5.10 Å². The van der Waals surface area contributed by atoms with E-state index in [2.05, 4.69) is 20.7 Å². The van der Waals surface area contributed by atoms with Crippen LogP contribution in [-0.4, -0.2) is 33.8 Å². The number of hydrogen-bond donors (Lipinski definition) is 2. The number of ether oxygens (including phenoxy) is 1. The van der Waals surface area contributed by atoms with Crippen molar-refractivity contribution in [3.8, 4) is 17.0 Å². The van der Waals surface area contributed by atoms with E-state index in [1.54, 1.807) is 44.4 Å². The number of carbonyl (C=O) groups excluding carboxylic acids is 1. The first-order valence-electron chi connectivity index (χ1n) is 8.27. The molecule has 0 aliphatic rings. The van der Waals surface area contributed by atoms with Crippen LogP contribution in [0.25, 0.3) is 11.3 Å². The third kappa shape index (κ3) is 4.21. The Balaban J connectivity index is 1.71. The van der Waals surface area contributed by atoms with E-state index in [1.807, 2.05) is 12.1 Å². The number of hydrazone groups is 1. The molecule has 1 amide bonds. The predicted octanol–water partition coefficient (Wildman–Crippen LogP) is 3.15. The summed E-state index contributed by atoms with van der Waals surface area (Å²) in [6.45, 7) is 1.65. The predicted molar refractivity (Wildman–Crippen MR) is 103 cm³/mol. The Morgan fingerprint density at radius 2 is 1.96 bits per heavy atom. The van der Waals surface area contributed by atoms with Gasteiger partial charge < -0.3 is 4.74 Å². The molecule has 2 N–H and O–H groups in total. The average molecular weight is 379 g/mol. The Hall–Kier alpha value is -4.01. The highest BCUT2D eigenvalue weighted by atomic mass is 16.6. The van der Waals surface area contributed by atoms with E-state index in [0.29, 0.717) is 17.0 Å². The second-order valence-electron chi connectivity index (χ2n) is 5.84. The zero-order valence-electron chi connectivity index (χ0n) is 15.2. The van der Waals surface area contributed by atoms with Gasteiger partial charge in [-0.25, -0.2) is 5.43 Å². The van der Waals surface area contributed by atoms with Gasteiger partial charge in [-0.1, -0.05) is 12.1 Å². The van der Waals surface area contributed by atoms with Gasteiger partial charge in [-0.3, -0.25) is 20.0 Å². The second kappa shape index (κ2) is 8.12. The molecular weight excluding hydrogens is 362 g/mol. The maximum atomic E-state index is 12.3. The zero-order chi connectivity index (χ0) is 20.1. The third-order valence-electron chi connectivity index (χ3n) is 4.01. The minimum atomic E-state index is -0.485. The Morgan fingerprint density at radius 3 is 2.64 bits per heavy atom. The van der Waals surface area contributed by atoms with Gasteiger partial charge in [0.05, 0.1) is 23.4 Å². The van der Waals surface area contributed by atoms with Gasteiger partial charge in [0.2, 0.25) is 0 Å². The van der Waals surface area contributed by atoms with Crippen molar-refractivity contribution in [1.82, 2.24) is 15.6 Å². The molecule has 28 heavy (non-hydrogen) atoms. The van der Waals surface area contributed by atoms with Gasteiger partial charge in [0.1, 0.15) is 11.4 Å². The van der Waals surface area contributed by atoms with Crippen LogP contribution < -0.4 is 10.2 Å². The Morgan fingerprint density at radius 1 is 1.21 bits per heavy atom. The molecule has 9 heteroatoms. The van der Waals surface area contributed by atoms with E-state index < -0.39 is 10.8 Å². The average Bonchev–Trinajstić information content (AvgIpc) is 3.22. The maximum absolute atomic E-state index is 12.3. The lowest BCUT2D eigenvalue weighted by Crippen LogP contribution is -2.19. The molecule has 142 valence electrons. The normalized spacial score (nSPS) is 11.1. The number of hydrogen-bond acceptors (Lipinski definition) is 6. The first-order chi connectivity index (χ1) is 13.5. The topological polar surface area (TPSA) is 123 Å². The largest absolute Gasteiger partial charge is 0.497 e. The summed E-state index contributed by atoms with van der Waals surface area (Å²) in [5.41, 5.74) is 5.02. The Labute approximate surface area is 160 Å². The number of aromatic amines is 1. The molecule has 3 rings (SSSR count). The summed E-state index contributed by atoms with van der Waals surface area (Å²) < 4.78 is 5.12. The van der Waals surface area contributed by atoms with Crippen LogP contribution in [0.3, 0.4) is 0 Å². The number of H-pyrrole nitrogens is 1. The molecule has 0 aliphatic carbocycles. The van der Waals surface area contributed by atoms with Crippen LogP contribution in [0.15, 0.2) is 59.7 Å². The molecule has 0 fully saturated rings. The van der Waals surface area contributed by atoms with Crippen LogP contribution >= 0.6 is 0 Å². The number of nitro benzene ring substituents is 1. The van der Waals surface area contributed by atoms with Crippen molar-refractivity contribution in [2.45, 2.75) is 6.92 Å². The molecular formula is C19H17N5O4. The smallest absolute Gasteiger partial charge is 0.289 e. The molecule has 0 atom stereocenters. The number of nitrogens with one attached hydrogen (secondary N) is 2. The van der Waals surface area contributed by atoms with Crippen molar-refractivity contribution in [3.63, 3.8) is 0 Å². The number of nitrogens with zero attached hydrogens (tertiary/aromatic N) is 3. The van der Waals surface area contributed by atoms with Crippen LogP contribution in [0, 0.1) is 10.1 Å². The zero-order valence-corrected chi connectivity index (χ0v) is 15.2. The van der Waals surface area contributed by atoms with Gasteiger partial charge in [-0.15, -0.1) is 0 Å². The molecule has 1 heterocycles. The van der Waals surface area contributed by atoms with E-state index in [-0.39, 0.29) is 11.4 Å². The molecule has 0 saturated heterocycles. The summed E-state index contributed by atoms with van der Waals surface area (Å²) in [6.07, 6.45) is 0. The number of aromatic nitrogens is 2. The van der Waals surface area contributed by atoms with Crippen LogP contribution in [0.2, 0.25) is 0 Å². The first-order valence-corrected chi connectivity index (χ1v) is 8.27. The molecule has 9 nitrogen and oxygen atoms in total. The highest BCUT2D eigenvalue weighted by Crippen LogP contribution is 2.21. The number of carbonyl (C=O) groups is 1. The lowest BCUT2D eigenvalue weighted by Gasteiger charge is -2.02. The summed E-state index contributed by atoms with van der Waals surface area (Å²) >= 11 is 0. The van der Waals surface area contributed by atoms with Gasteiger partial charge in [0.15, 0.2) is 0 Å². The monoisotopic (exact) mass is 379 g/mol. The summed E-state index contributed by atoms with van der Waals surface area (Å²) in [7, 11) is 1.59. The molecule has 0 unspecified atom stereocenters. The van der Waals surface area contributed by atoms with Gasteiger partial charge >= 0.3 is 0 Å². The number of methoxy groups -OCH3 is 1. The minimum absolute atomic E-state index is 0.0453. The van der Waals surface area contributed by atoms with E-state index in [9.17, 15) is 14.9 Å². The fourth-order valence-corrected chi connectivity index (χ4v) is 2.45. The molecule has 0 saturated carbocycles. The molecule has 0 aliphatic heterocycles. The molecule has 2 aromatic carbocycles. The van der Waals surface area contributed by atoms with Crippen molar-refractivity contribution in [2.75, 3.05) is 7.11 Å². The SMILES string of the molecule is COc1ccc(-c2cc(C(=O)N/N=C(\C)c3cccc([N+](=O)[O-])c3)[nH]n2)cc1. The van der Waals surface area contributed by atoms with Crippen molar-refractivity contribution < 1.29 is 14.5 Å². The second-order valence-corrected chi connectivity index (χ2v) is 5.84. The summed E-state index contributed by atoms with van der Waals surface area (Å²) in [6, 6.07) is 14.9. The van der Waals surface area contributed by atoms with Crippen molar-refractivity contribution >= 4 is 17.3 Å². The first kappa shape index (κ1) is 18.8. The Kier molecular flexibility index (Phi) is 5.45. The number of non-ortho nitro benzene ring substituents is 1. The van der Waals surface area contributed by atoms with Crippen LogP contribution in [-0.2, 0) is 0 Å². The standard InChI is InChI=1S/C19H17N5O4/c1-12(14-4-3-5-15(10-14)24(26)27)20-23-19(25)18-11-17(21-22-18)13-6-8-16(28-2)9-7-13/h3-11H,1-2H3,(H,21,22)(H,23,25)/b20-12+. The molecule has 0 bridgehead atoms. The maximum Gasteiger partial charge on any atom is 0.289 e. The highest BCUT2D eigenvalue weighted by molar-refractivity contribution is 6.01. The molecule has 1 aromatic heterocycles. The summed E-state index contributed by atoms with van der Waals surface area (Å²) in [5.74, 6) is 0.250. The number of rotatable bonds is 6. The van der Waals surface area contributed by atoms with Gasteiger partial charge in [0.25, 0.3) is 11.6 Å². The molecule has 3 aromatic rings. The lowest BCUT2D eigenvalue weighted by molar-refractivity contribution is -0.384. The van der Waals surface area contributed by atoms with Crippen LogP contribution in [0.4, 0.5) is 5.69 Å². The van der Waals surface area contributed by atoms with E-state index in [1.165, 1.54) is 12.1 Å². The third-order valence-corrected chi connectivity index (χ3v) is 4.01. The summed E-state index contributed by atoms with van der Waals surface area (Å²) in [4.78, 5) is 22.7. The number of benzene rings is 2. The van der Waals surface area contributed by atoms with Gasteiger partial charge in [-0.2, -0.15) is 10.2 Å². The quantitative estimate of drug-likeness (QED) is 0.387. The summed E-state index contributed by atoms with van der Waals surface area (Å²) in [5, 5.41) is 21.7. The fourth-order valence-electron chi connectivity index (χ4n) is 2.45. The fraction of sp³-hybridized carbons (Fsp3) is 0.105. The number of amides is 1. The highest BCUT2D eigenvalue weighted by Gasteiger charge is 2.12. The van der Waals surface area contributed by atoms with Crippen LogP contribution in [0.1, 0.15) is 23.0 Å². The van der Waals surface area contributed by atoms with Crippen molar-refractivity contribution in [1.29, 1.82) is 0 Å². The Bertz CT molecular complexity index is 1040. The minimum Gasteiger partial charge on any atom is -0.497 e. The van der Waals surface area contributed by atoms with Crippen LogP contribution in [0.5, 0.6) is 5.75 Å². The molecule has 0 radical (unpaired) electrons. The van der Waals surface area contributed by atoms with Gasteiger partial charge in [-0.05, 0) is 37.3 Å². The molecule has 0 spiro atoms. The van der Waals surface area contributed by atoms with Crippen molar-refractivity contribution in [3.05, 3.63) is 76.0 Å². The lowest BCUT2D eigenvalue weighted by atomic mass is 10.1. The van der Waals surface area contributed by atoms with E-state index in [0.717, 1.165) is 11.3 Å². The van der Waals surface area contributed by atoms with Gasteiger partial charge in [0, 0.05) is 23.3 Å². The number of nitro groups is 1.